The van der Waals surface area contributed by atoms with Crippen molar-refractivity contribution in [3.05, 3.63) is 71.8 Å². The van der Waals surface area contributed by atoms with E-state index in [1.807, 2.05) is 36.4 Å². The highest BCUT2D eigenvalue weighted by Gasteiger charge is 2.03. The second-order valence-electron chi connectivity index (χ2n) is 4.85. The molecule has 23 heavy (non-hydrogen) atoms. The van der Waals surface area contributed by atoms with Crippen molar-refractivity contribution in [2.75, 3.05) is 13.1 Å². The zero-order valence-corrected chi connectivity index (χ0v) is 12.7. The van der Waals surface area contributed by atoms with E-state index < -0.39 is 0 Å². The van der Waals surface area contributed by atoms with Gasteiger partial charge in [0.25, 0.3) is 11.8 Å². The van der Waals surface area contributed by atoms with Crippen LogP contribution in [-0.2, 0) is 0 Å². The van der Waals surface area contributed by atoms with Crippen LogP contribution < -0.4 is 21.7 Å². The van der Waals surface area contributed by atoms with Gasteiger partial charge in [0.05, 0.1) is 0 Å². The first-order valence-electron chi connectivity index (χ1n) is 7.44. The van der Waals surface area contributed by atoms with Gasteiger partial charge in [0.15, 0.2) is 0 Å². The molecule has 6 heteroatoms. The fourth-order valence-corrected chi connectivity index (χ4v) is 1.87. The number of hydrazine groups is 2. The smallest absolute Gasteiger partial charge is 0.265 e. The Kier molecular flexibility index (Phi) is 6.77. The van der Waals surface area contributed by atoms with Crippen molar-refractivity contribution < 1.29 is 9.59 Å². The highest BCUT2D eigenvalue weighted by molar-refractivity contribution is 5.94. The molecule has 0 aliphatic carbocycles. The summed E-state index contributed by atoms with van der Waals surface area (Å²) in [6, 6.07) is 18.0. The van der Waals surface area contributed by atoms with E-state index in [9.17, 15) is 9.59 Å². The van der Waals surface area contributed by atoms with Crippen LogP contribution in [0.25, 0.3) is 0 Å². The van der Waals surface area contributed by atoms with Gasteiger partial charge in [-0.1, -0.05) is 36.4 Å². The van der Waals surface area contributed by atoms with Gasteiger partial charge < -0.3 is 0 Å². The Morgan fingerprint density at radius 1 is 0.652 bits per heavy atom. The Hall–Kier alpha value is -2.70. The topological polar surface area (TPSA) is 82.3 Å². The van der Waals surface area contributed by atoms with Crippen LogP contribution in [0.15, 0.2) is 60.7 Å². The van der Waals surface area contributed by atoms with Crippen molar-refractivity contribution in [3.8, 4) is 0 Å². The third kappa shape index (κ3) is 5.90. The maximum atomic E-state index is 11.7. The van der Waals surface area contributed by atoms with Gasteiger partial charge >= 0.3 is 0 Å². The van der Waals surface area contributed by atoms with Crippen LogP contribution in [0.4, 0.5) is 0 Å². The third-order valence-corrected chi connectivity index (χ3v) is 3.08. The van der Waals surface area contributed by atoms with Gasteiger partial charge in [-0.2, -0.15) is 0 Å². The summed E-state index contributed by atoms with van der Waals surface area (Å²) in [5.74, 6) is -0.341. The quantitative estimate of drug-likeness (QED) is 0.437. The number of amides is 2. The van der Waals surface area contributed by atoms with Crippen molar-refractivity contribution in [2.45, 2.75) is 6.42 Å². The van der Waals surface area contributed by atoms with Crippen molar-refractivity contribution in [1.29, 1.82) is 0 Å². The molecule has 2 aromatic rings. The molecule has 0 aliphatic rings. The van der Waals surface area contributed by atoms with Gasteiger partial charge in [-0.25, -0.2) is 10.9 Å². The molecule has 4 N–H and O–H groups in total. The van der Waals surface area contributed by atoms with Crippen molar-refractivity contribution >= 4 is 11.8 Å². The fraction of sp³-hybridized carbons (Fsp3) is 0.176. The number of carbonyl (C=O) groups excluding carboxylic acids is 2. The number of rotatable bonds is 8. The Balaban J connectivity index is 1.53. The molecule has 0 heterocycles. The molecule has 0 atom stereocenters. The molecule has 0 saturated carbocycles. The van der Waals surface area contributed by atoms with Crippen molar-refractivity contribution in [1.82, 2.24) is 21.7 Å². The predicted molar refractivity (Wildman–Crippen MR) is 88.4 cm³/mol. The molecule has 6 nitrogen and oxygen atoms in total. The molecule has 0 spiro atoms. The normalized spacial score (nSPS) is 10.1. The molecular formula is C17H20N4O2. The molecular weight excluding hydrogens is 292 g/mol. The summed E-state index contributed by atoms with van der Waals surface area (Å²) in [7, 11) is 0. The summed E-state index contributed by atoms with van der Waals surface area (Å²) in [6.45, 7) is 1.18. The number of nitrogens with one attached hydrogen (secondary N) is 4. The summed E-state index contributed by atoms with van der Waals surface area (Å²) in [5.41, 5.74) is 12.2. The first-order valence-corrected chi connectivity index (χ1v) is 7.44. The van der Waals surface area contributed by atoms with E-state index >= 15 is 0 Å². The fourth-order valence-electron chi connectivity index (χ4n) is 1.87. The maximum absolute atomic E-state index is 11.7. The van der Waals surface area contributed by atoms with Crippen LogP contribution >= 0.6 is 0 Å². The molecule has 0 unspecified atom stereocenters. The SMILES string of the molecule is O=C(NNCCCNNC(=O)c1ccccc1)c1ccccc1. The molecule has 0 radical (unpaired) electrons. The van der Waals surface area contributed by atoms with Crippen LogP contribution in [0.2, 0.25) is 0 Å². The number of carbonyl (C=O) groups is 2. The van der Waals surface area contributed by atoms with E-state index in [2.05, 4.69) is 21.7 Å². The van der Waals surface area contributed by atoms with E-state index in [4.69, 9.17) is 0 Å². The van der Waals surface area contributed by atoms with Gasteiger partial charge in [0.1, 0.15) is 0 Å². The third-order valence-electron chi connectivity index (χ3n) is 3.08. The van der Waals surface area contributed by atoms with Crippen LogP contribution in [-0.4, -0.2) is 24.9 Å². The second kappa shape index (κ2) is 9.34. The lowest BCUT2D eigenvalue weighted by molar-refractivity contribution is 0.0930. The maximum Gasteiger partial charge on any atom is 0.265 e. The van der Waals surface area contributed by atoms with Crippen LogP contribution in [0.3, 0.4) is 0 Å². The van der Waals surface area contributed by atoms with Crippen LogP contribution in [0, 0.1) is 0 Å². The molecule has 2 rings (SSSR count). The second-order valence-corrected chi connectivity index (χ2v) is 4.85. The number of hydrogen-bond acceptors (Lipinski definition) is 4. The van der Waals surface area contributed by atoms with Gasteiger partial charge in [-0.05, 0) is 30.7 Å². The molecule has 0 bridgehead atoms. The summed E-state index contributed by atoms with van der Waals surface area (Å²) < 4.78 is 0. The molecule has 2 amide bonds. The van der Waals surface area contributed by atoms with E-state index in [1.165, 1.54) is 0 Å². The zero-order valence-electron chi connectivity index (χ0n) is 12.7. The molecule has 0 saturated heterocycles. The van der Waals surface area contributed by atoms with Crippen LogP contribution in [0.1, 0.15) is 27.1 Å². The Morgan fingerprint density at radius 3 is 1.43 bits per heavy atom. The molecule has 0 aliphatic heterocycles. The van der Waals surface area contributed by atoms with Crippen LogP contribution in [0.5, 0.6) is 0 Å². The zero-order chi connectivity index (χ0) is 16.3. The van der Waals surface area contributed by atoms with Gasteiger partial charge in [0.2, 0.25) is 0 Å². The standard InChI is InChI=1S/C17H20N4O2/c22-16(14-8-3-1-4-9-14)20-18-12-7-13-19-21-17(23)15-10-5-2-6-11-15/h1-6,8-11,18-19H,7,12-13H2,(H,20,22)(H,21,23). The van der Waals surface area contributed by atoms with Crippen molar-refractivity contribution in [3.63, 3.8) is 0 Å². The Labute approximate surface area is 135 Å². The van der Waals surface area contributed by atoms with E-state index in [1.54, 1.807) is 24.3 Å². The van der Waals surface area contributed by atoms with E-state index in [0.29, 0.717) is 24.2 Å². The number of benzene rings is 2. The average molecular weight is 312 g/mol. The highest BCUT2D eigenvalue weighted by atomic mass is 16.2. The van der Waals surface area contributed by atoms with Gasteiger partial charge in [-0.15, -0.1) is 0 Å². The molecule has 0 fully saturated rings. The molecule has 120 valence electrons. The lowest BCUT2D eigenvalue weighted by Crippen LogP contribution is -2.41. The average Bonchev–Trinajstić information content (AvgIpc) is 2.62. The minimum Gasteiger partial charge on any atom is -0.287 e. The lowest BCUT2D eigenvalue weighted by atomic mass is 10.2. The number of hydrogen-bond donors (Lipinski definition) is 4. The van der Waals surface area contributed by atoms with Crippen molar-refractivity contribution in [2.24, 2.45) is 0 Å². The largest absolute Gasteiger partial charge is 0.287 e. The summed E-state index contributed by atoms with van der Waals surface area (Å²) >= 11 is 0. The Morgan fingerprint density at radius 2 is 1.04 bits per heavy atom. The summed E-state index contributed by atoms with van der Waals surface area (Å²) in [4.78, 5) is 23.5. The predicted octanol–water partition coefficient (Wildman–Crippen LogP) is 1.25. The first kappa shape index (κ1) is 16.7. The molecule has 0 aromatic heterocycles. The lowest BCUT2D eigenvalue weighted by Gasteiger charge is -2.09. The highest BCUT2D eigenvalue weighted by Crippen LogP contribution is 1.97. The first-order chi connectivity index (χ1) is 11.3. The van der Waals surface area contributed by atoms with E-state index in [-0.39, 0.29) is 11.8 Å². The van der Waals surface area contributed by atoms with Gasteiger partial charge in [-0.3, -0.25) is 20.4 Å². The molecule has 2 aromatic carbocycles. The van der Waals surface area contributed by atoms with E-state index in [0.717, 1.165) is 6.42 Å². The summed E-state index contributed by atoms with van der Waals surface area (Å²) in [6.07, 6.45) is 0.740. The Bertz CT molecular complexity index is 562. The monoisotopic (exact) mass is 312 g/mol. The minimum atomic E-state index is -0.170. The minimum absolute atomic E-state index is 0.170. The summed E-state index contributed by atoms with van der Waals surface area (Å²) in [5, 5.41) is 0. The van der Waals surface area contributed by atoms with Gasteiger partial charge in [0, 0.05) is 24.2 Å².